The van der Waals surface area contributed by atoms with Crippen LogP contribution in [0.3, 0.4) is 0 Å². The minimum atomic E-state index is -0.863. The standard InChI is InChI=1S/C26H33N3O8/c1-34-20-15-18(16-21(35-2)24(20)37-4)25(32)27-12-10-22(30)29-19(14-17-8-6-5-7-9-17)26(33)28-13-11-23(31)36-3/h5-9,15-16,19H,10-14H2,1-4H3,(H,27,32)(H,28,33)(H,29,30). The van der Waals surface area contributed by atoms with Crippen molar-refractivity contribution in [3.05, 3.63) is 53.6 Å². The first-order valence-electron chi connectivity index (χ1n) is 11.6. The molecule has 0 spiro atoms. The van der Waals surface area contributed by atoms with Crippen molar-refractivity contribution in [2.75, 3.05) is 41.5 Å². The van der Waals surface area contributed by atoms with Crippen molar-refractivity contribution in [1.29, 1.82) is 0 Å². The third kappa shape index (κ3) is 9.02. The van der Waals surface area contributed by atoms with E-state index in [4.69, 9.17) is 14.2 Å². The Hall–Kier alpha value is -4.28. The molecular weight excluding hydrogens is 482 g/mol. The van der Waals surface area contributed by atoms with Gasteiger partial charge in [-0.2, -0.15) is 0 Å². The number of rotatable bonds is 14. The molecule has 0 bridgehead atoms. The van der Waals surface area contributed by atoms with Crippen LogP contribution in [0, 0.1) is 0 Å². The van der Waals surface area contributed by atoms with Crippen LogP contribution in [-0.2, 0) is 25.5 Å². The second kappa shape index (κ2) is 15.0. The summed E-state index contributed by atoms with van der Waals surface area (Å²) in [6.45, 7) is 0.112. The van der Waals surface area contributed by atoms with Crippen LogP contribution in [0.5, 0.6) is 17.2 Å². The van der Waals surface area contributed by atoms with Crippen LogP contribution in [0.2, 0.25) is 0 Å². The predicted octanol–water partition coefficient (Wildman–Crippen LogP) is 1.24. The number of hydrogen-bond donors (Lipinski definition) is 3. The highest BCUT2D eigenvalue weighted by Gasteiger charge is 2.22. The number of carbonyl (C=O) groups excluding carboxylic acids is 4. The molecule has 0 aliphatic heterocycles. The van der Waals surface area contributed by atoms with Crippen molar-refractivity contribution >= 4 is 23.7 Å². The number of hydrogen-bond acceptors (Lipinski definition) is 8. The van der Waals surface area contributed by atoms with Crippen molar-refractivity contribution < 1.29 is 38.1 Å². The highest BCUT2D eigenvalue weighted by Crippen LogP contribution is 2.38. The Morgan fingerprint density at radius 2 is 1.43 bits per heavy atom. The Balaban J connectivity index is 1.97. The Bertz CT molecular complexity index is 1050. The van der Waals surface area contributed by atoms with Gasteiger partial charge >= 0.3 is 5.97 Å². The lowest BCUT2D eigenvalue weighted by Crippen LogP contribution is -2.49. The lowest BCUT2D eigenvalue weighted by molar-refractivity contribution is -0.140. The molecule has 0 fully saturated rings. The van der Waals surface area contributed by atoms with Gasteiger partial charge in [0, 0.05) is 31.5 Å². The van der Waals surface area contributed by atoms with Crippen LogP contribution in [0.1, 0.15) is 28.8 Å². The lowest BCUT2D eigenvalue weighted by atomic mass is 10.0. The molecule has 11 heteroatoms. The highest BCUT2D eigenvalue weighted by molar-refractivity contribution is 5.96. The maximum Gasteiger partial charge on any atom is 0.307 e. The van der Waals surface area contributed by atoms with E-state index in [0.717, 1.165) is 5.56 Å². The number of ether oxygens (including phenoxy) is 4. The molecule has 0 aliphatic rings. The van der Waals surface area contributed by atoms with E-state index in [2.05, 4.69) is 20.7 Å². The molecule has 0 radical (unpaired) electrons. The molecule has 2 rings (SSSR count). The Kier molecular flexibility index (Phi) is 11.7. The molecule has 200 valence electrons. The monoisotopic (exact) mass is 515 g/mol. The maximum absolute atomic E-state index is 12.7. The van der Waals surface area contributed by atoms with Gasteiger partial charge in [-0.15, -0.1) is 0 Å². The third-order valence-electron chi connectivity index (χ3n) is 5.35. The summed E-state index contributed by atoms with van der Waals surface area (Å²) >= 11 is 0. The number of nitrogens with one attached hydrogen (secondary N) is 3. The molecule has 0 aromatic heterocycles. The van der Waals surface area contributed by atoms with Crippen LogP contribution < -0.4 is 30.2 Å². The summed E-state index contributed by atoms with van der Waals surface area (Å²) in [5, 5.41) is 8.02. The molecule has 0 saturated carbocycles. The summed E-state index contributed by atoms with van der Waals surface area (Å²) in [5.74, 6) is -0.731. The van der Waals surface area contributed by atoms with Gasteiger partial charge in [0.05, 0.1) is 34.9 Å². The third-order valence-corrected chi connectivity index (χ3v) is 5.35. The number of methoxy groups -OCH3 is 4. The van der Waals surface area contributed by atoms with Crippen LogP contribution in [-0.4, -0.2) is 71.3 Å². The van der Waals surface area contributed by atoms with Crippen LogP contribution in [0.4, 0.5) is 0 Å². The van der Waals surface area contributed by atoms with Crippen molar-refractivity contribution in [1.82, 2.24) is 16.0 Å². The van der Waals surface area contributed by atoms with E-state index in [-0.39, 0.29) is 37.9 Å². The number of benzene rings is 2. The van der Waals surface area contributed by atoms with E-state index < -0.39 is 29.7 Å². The van der Waals surface area contributed by atoms with Crippen LogP contribution in [0.15, 0.2) is 42.5 Å². The second-order valence-electron chi connectivity index (χ2n) is 7.85. The van der Waals surface area contributed by atoms with Crippen molar-refractivity contribution in [3.8, 4) is 17.2 Å². The maximum atomic E-state index is 12.7. The molecule has 37 heavy (non-hydrogen) atoms. The average Bonchev–Trinajstić information content (AvgIpc) is 2.91. The molecule has 0 saturated heterocycles. The fourth-order valence-electron chi connectivity index (χ4n) is 3.44. The van der Waals surface area contributed by atoms with Gasteiger partial charge in [0.15, 0.2) is 11.5 Å². The molecule has 3 N–H and O–H groups in total. The number of esters is 1. The topological polar surface area (TPSA) is 141 Å². The van der Waals surface area contributed by atoms with Gasteiger partial charge in [0.1, 0.15) is 6.04 Å². The van der Waals surface area contributed by atoms with Gasteiger partial charge in [-0.25, -0.2) is 0 Å². The van der Waals surface area contributed by atoms with E-state index in [1.807, 2.05) is 30.3 Å². The summed E-state index contributed by atoms with van der Waals surface area (Å²) in [6, 6.07) is 11.4. The van der Waals surface area contributed by atoms with E-state index in [0.29, 0.717) is 17.2 Å². The minimum absolute atomic E-state index is 0.0151. The first-order chi connectivity index (χ1) is 17.8. The fraction of sp³-hybridized carbons (Fsp3) is 0.385. The predicted molar refractivity (Wildman–Crippen MR) is 135 cm³/mol. The van der Waals surface area contributed by atoms with Gasteiger partial charge in [-0.1, -0.05) is 30.3 Å². The van der Waals surface area contributed by atoms with Gasteiger partial charge < -0.3 is 34.9 Å². The zero-order valence-electron chi connectivity index (χ0n) is 21.4. The first kappa shape index (κ1) is 29.0. The molecule has 1 unspecified atom stereocenters. The van der Waals surface area contributed by atoms with E-state index in [1.165, 1.54) is 40.6 Å². The van der Waals surface area contributed by atoms with Gasteiger partial charge in [-0.05, 0) is 17.7 Å². The first-order valence-corrected chi connectivity index (χ1v) is 11.6. The quantitative estimate of drug-likeness (QED) is 0.319. The molecule has 2 aromatic rings. The van der Waals surface area contributed by atoms with Crippen molar-refractivity contribution in [2.24, 2.45) is 0 Å². The summed E-state index contributed by atoms with van der Waals surface area (Å²) in [4.78, 5) is 49.3. The SMILES string of the molecule is COC(=O)CCNC(=O)C(Cc1ccccc1)NC(=O)CCNC(=O)c1cc(OC)c(OC)c(OC)c1. The van der Waals surface area contributed by atoms with Gasteiger partial charge in [0.25, 0.3) is 5.91 Å². The van der Waals surface area contributed by atoms with Gasteiger partial charge in [-0.3, -0.25) is 19.2 Å². The Morgan fingerprint density at radius 1 is 0.811 bits per heavy atom. The van der Waals surface area contributed by atoms with Crippen LogP contribution >= 0.6 is 0 Å². The zero-order chi connectivity index (χ0) is 27.2. The number of amides is 3. The molecule has 1 atom stereocenters. The lowest BCUT2D eigenvalue weighted by Gasteiger charge is -2.19. The van der Waals surface area contributed by atoms with Gasteiger partial charge in [0.2, 0.25) is 17.6 Å². The molecule has 0 aliphatic carbocycles. The summed E-state index contributed by atoms with van der Waals surface area (Å²) < 4.78 is 20.4. The Labute approximate surface area is 215 Å². The van der Waals surface area contributed by atoms with Crippen molar-refractivity contribution in [3.63, 3.8) is 0 Å². The summed E-state index contributed by atoms with van der Waals surface area (Å²) in [6.07, 6.45) is 0.215. The van der Waals surface area contributed by atoms with Crippen molar-refractivity contribution in [2.45, 2.75) is 25.3 Å². The molecule has 3 amide bonds. The van der Waals surface area contributed by atoms with E-state index in [1.54, 1.807) is 0 Å². The molecular formula is C26H33N3O8. The number of carbonyl (C=O) groups is 4. The zero-order valence-corrected chi connectivity index (χ0v) is 21.4. The normalized spacial score (nSPS) is 11.0. The summed E-state index contributed by atoms with van der Waals surface area (Å²) in [5.41, 5.74) is 1.12. The second-order valence-corrected chi connectivity index (χ2v) is 7.85. The fourth-order valence-corrected chi connectivity index (χ4v) is 3.44. The molecule has 11 nitrogen and oxygen atoms in total. The van der Waals surface area contributed by atoms with E-state index in [9.17, 15) is 19.2 Å². The highest BCUT2D eigenvalue weighted by atomic mass is 16.5. The smallest absolute Gasteiger partial charge is 0.307 e. The largest absolute Gasteiger partial charge is 0.493 e. The average molecular weight is 516 g/mol. The minimum Gasteiger partial charge on any atom is -0.493 e. The van der Waals surface area contributed by atoms with E-state index >= 15 is 0 Å². The Morgan fingerprint density at radius 3 is 2.00 bits per heavy atom. The molecule has 0 heterocycles. The summed E-state index contributed by atoms with van der Waals surface area (Å²) in [7, 11) is 5.62. The molecule has 2 aromatic carbocycles. The van der Waals surface area contributed by atoms with Crippen LogP contribution in [0.25, 0.3) is 0 Å².